The minimum absolute atomic E-state index is 0.0114. The number of anilines is 4. The molecule has 0 aliphatic carbocycles. The van der Waals surface area contributed by atoms with Crippen LogP contribution in [-0.4, -0.2) is 180 Å². The molecule has 16 heterocycles. The van der Waals surface area contributed by atoms with Crippen LogP contribution in [0.3, 0.4) is 0 Å². The number of fused-ring (bicyclic) bond motifs is 8. The van der Waals surface area contributed by atoms with Crippen LogP contribution >= 0.6 is 55.1 Å². The number of aromatic nitrogens is 12. The summed E-state index contributed by atoms with van der Waals surface area (Å²) in [5.74, 6) is -0.195. The van der Waals surface area contributed by atoms with E-state index < -0.39 is 0 Å². The lowest BCUT2D eigenvalue weighted by molar-refractivity contribution is 0.0663. The Hall–Kier alpha value is -10.0. The van der Waals surface area contributed by atoms with Gasteiger partial charge < -0.3 is 39.2 Å². The number of hydrogen-bond donors (Lipinski definition) is 0. The second-order valence-electron chi connectivity index (χ2n) is 31.1. The molecular weight excluding hydrogens is 1610 g/mol. The molecule has 8 aliphatic rings. The number of nitrogens with zero attached hydrogens (tertiary/aromatic N) is 20. The van der Waals surface area contributed by atoms with Gasteiger partial charge in [-0.1, -0.05) is 47.5 Å². The summed E-state index contributed by atoms with van der Waals surface area (Å²) in [6.45, 7) is 20.2. The largest absolute Gasteiger partial charge is 0.372 e. The molecule has 0 radical (unpaired) electrons. The van der Waals surface area contributed by atoms with Crippen molar-refractivity contribution < 1.29 is 19.2 Å². The summed E-state index contributed by atoms with van der Waals surface area (Å²) in [6.07, 6.45) is 29.7. The summed E-state index contributed by atoms with van der Waals surface area (Å²) in [4.78, 5) is 87.6. The molecule has 4 amide bonds. The first-order valence-electron chi connectivity index (χ1n) is 40.2. The molecule has 8 aliphatic heterocycles. The molecule has 28 heteroatoms. The summed E-state index contributed by atoms with van der Waals surface area (Å²) in [6, 6.07) is 34.1. The van der Waals surface area contributed by atoms with Crippen molar-refractivity contribution in [1.82, 2.24) is 78.0 Å². The first-order chi connectivity index (χ1) is 55.4. The van der Waals surface area contributed by atoms with Crippen molar-refractivity contribution >= 4 is 124 Å². The molecule has 0 bridgehead atoms. The van der Waals surface area contributed by atoms with Crippen molar-refractivity contribution in [2.75, 3.05) is 98.1 Å². The molecule has 8 aromatic heterocycles. The highest BCUT2D eigenvalue weighted by molar-refractivity contribution is 9.10. The van der Waals surface area contributed by atoms with Gasteiger partial charge in [0.05, 0.1) is 55.6 Å². The van der Waals surface area contributed by atoms with Gasteiger partial charge in [0.1, 0.15) is 0 Å². The van der Waals surface area contributed by atoms with Crippen LogP contribution < -0.4 is 19.6 Å². The molecule has 0 N–H and O–H groups in total. The standard InChI is InChI=1S/C22H24BrN5O.C22H24ClN5O.C21H22BrN5O.C21H22ClN5O/c2*1-15-19-11-18(26-8-3-2-4-9-26)6-5-16(19)7-10-27(15)22(29)20-12-21-24-13-17(23)14-28(21)25-20;2*1-14-18-10-17(25-7-2-3-8-25)5-4-15(18)6-9-26(14)21(28)19-11-20-23-12-16(22)13-27(20)24-19/h2*5-6,11-15H,2-4,7-10H2,1H3;2*4-5,10-14H,2-3,6-9H2,1H3. The Labute approximate surface area is 689 Å². The van der Waals surface area contributed by atoms with Crippen LogP contribution in [0.4, 0.5) is 22.7 Å². The summed E-state index contributed by atoms with van der Waals surface area (Å²) < 4.78 is 8.07. The van der Waals surface area contributed by atoms with Crippen molar-refractivity contribution in [3.63, 3.8) is 0 Å². The maximum atomic E-state index is 13.3. The molecular formula is C86H92Br2Cl2N20O4. The van der Waals surface area contributed by atoms with E-state index in [2.05, 4.69) is 192 Å². The van der Waals surface area contributed by atoms with E-state index in [-0.39, 0.29) is 47.8 Å². The smallest absolute Gasteiger partial charge is 0.274 e. The van der Waals surface area contributed by atoms with E-state index in [0.29, 0.717) is 81.6 Å². The molecule has 4 aromatic carbocycles. The number of benzene rings is 4. The molecule has 20 rings (SSSR count). The number of amides is 4. The first kappa shape index (κ1) is 76.6. The molecule has 24 nitrogen and oxygen atoms in total. The Morgan fingerprint density at radius 2 is 0.553 bits per heavy atom. The summed E-state index contributed by atoms with van der Waals surface area (Å²) in [7, 11) is 0. The van der Waals surface area contributed by atoms with Gasteiger partial charge in [0.25, 0.3) is 23.6 Å². The van der Waals surface area contributed by atoms with E-state index >= 15 is 0 Å². The predicted molar refractivity (Wildman–Crippen MR) is 451 cm³/mol. The normalized spacial score (nSPS) is 19.4. The molecule has 4 fully saturated rings. The highest BCUT2D eigenvalue weighted by Gasteiger charge is 2.36. The van der Waals surface area contributed by atoms with E-state index in [0.717, 1.165) is 87.0 Å². The molecule has 0 spiro atoms. The average molecular weight is 1700 g/mol. The van der Waals surface area contributed by atoms with Gasteiger partial charge in [-0.05, 0) is 242 Å². The van der Waals surface area contributed by atoms with E-state index in [4.69, 9.17) is 23.2 Å². The number of rotatable bonds is 8. The van der Waals surface area contributed by atoms with Gasteiger partial charge in [-0.2, -0.15) is 20.4 Å². The monoisotopic (exact) mass is 1700 g/mol. The van der Waals surface area contributed by atoms with Gasteiger partial charge in [-0.15, -0.1) is 0 Å². The van der Waals surface area contributed by atoms with Gasteiger partial charge in [0, 0.05) is 163 Å². The maximum Gasteiger partial charge on any atom is 0.274 e. The predicted octanol–water partition coefficient (Wildman–Crippen LogP) is 16.0. The number of hydrogen-bond acceptors (Lipinski definition) is 16. The minimum atomic E-state index is -0.0636. The Morgan fingerprint density at radius 3 is 0.816 bits per heavy atom. The van der Waals surface area contributed by atoms with Crippen LogP contribution in [0.5, 0.6) is 0 Å². The van der Waals surface area contributed by atoms with E-state index in [9.17, 15) is 19.2 Å². The van der Waals surface area contributed by atoms with E-state index in [1.54, 1.807) is 79.5 Å². The molecule has 4 unspecified atom stereocenters. The van der Waals surface area contributed by atoms with Crippen LogP contribution in [0.25, 0.3) is 22.6 Å². The molecule has 114 heavy (non-hydrogen) atoms. The average Bonchev–Trinajstić information content (AvgIpc) is 1.04. The van der Waals surface area contributed by atoms with Crippen molar-refractivity contribution in [2.24, 2.45) is 0 Å². The van der Waals surface area contributed by atoms with Crippen LogP contribution in [0.15, 0.2) is 156 Å². The van der Waals surface area contributed by atoms with Crippen LogP contribution in [-0.2, 0) is 25.7 Å². The second-order valence-corrected chi connectivity index (χ2v) is 33.8. The lowest BCUT2D eigenvalue weighted by Crippen LogP contribution is -2.39. The van der Waals surface area contributed by atoms with E-state index in [1.807, 2.05) is 32.0 Å². The number of carbonyl (C=O) groups is 4. The van der Waals surface area contributed by atoms with Crippen molar-refractivity contribution in [1.29, 1.82) is 0 Å². The number of carbonyl (C=O) groups excluding carboxylic acids is 4. The molecule has 4 saturated heterocycles. The minimum Gasteiger partial charge on any atom is -0.372 e. The third kappa shape index (κ3) is 15.9. The Morgan fingerprint density at radius 1 is 0.316 bits per heavy atom. The van der Waals surface area contributed by atoms with Crippen LogP contribution in [0.2, 0.25) is 10.0 Å². The summed E-state index contributed by atoms with van der Waals surface area (Å²) in [5, 5.41) is 18.7. The van der Waals surface area contributed by atoms with Crippen LogP contribution in [0.1, 0.15) is 203 Å². The van der Waals surface area contributed by atoms with Crippen molar-refractivity contribution in [2.45, 2.75) is 142 Å². The topological polar surface area (TPSA) is 215 Å². The SMILES string of the molecule is CC1c2cc(N3CCCC3)ccc2CCN1C(=O)c1cc2ncc(Br)cn2n1.CC1c2cc(N3CCCC3)ccc2CCN1C(=O)c1cc2ncc(Cl)cn2n1.CC1c2cc(N3CCCCC3)ccc2CCN1C(=O)c1cc2ncc(Br)cn2n1.CC1c2cc(N3CCCCC3)ccc2CCN1C(=O)c1cc2ncc(Cl)cn2n1. The van der Waals surface area contributed by atoms with Gasteiger partial charge in [-0.25, -0.2) is 38.0 Å². The Bertz CT molecular complexity index is 5280. The lowest BCUT2D eigenvalue weighted by Gasteiger charge is -2.36. The number of halogens is 4. The highest BCUT2D eigenvalue weighted by atomic mass is 79.9. The first-order valence-corrected chi connectivity index (χ1v) is 42.5. The zero-order chi connectivity index (χ0) is 78.4. The maximum absolute atomic E-state index is 13.3. The summed E-state index contributed by atoms with van der Waals surface area (Å²) >= 11 is 18.8. The molecule has 0 saturated carbocycles. The second kappa shape index (κ2) is 33.1. The van der Waals surface area contributed by atoms with E-state index in [1.165, 1.54) is 131 Å². The molecule has 4 atom stereocenters. The zero-order valence-corrected chi connectivity index (χ0v) is 69.3. The van der Waals surface area contributed by atoms with Gasteiger partial charge in [0.15, 0.2) is 45.4 Å². The van der Waals surface area contributed by atoms with Gasteiger partial charge >= 0.3 is 0 Å². The van der Waals surface area contributed by atoms with Crippen molar-refractivity contribution in [3.05, 3.63) is 233 Å². The van der Waals surface area contributed by atoms with Gasteiger partial charge in [-0.3, -0.25) is 19.2 Å². The number of piperidine rings is 2. The zero-order valence-electron chi connectivity index (χ0n) is 64.6. The van der Waals surface area contributed by atoms with Crippen molar-refractivity contribution in [3.8, 4) is 0 Å². The Kier molecular flexibility index (Phi) is 22.2. The van der Waals surface area contributed by atoms with Crippen LogP contribution in [0, 0.1) is 0 Å². The fourth-order valence-corrected chi connectivity index (χ4v) is 18.7. The summed E-state index contributed by atoms with van der Waals surface area (Å²) in [5.41, 5.74) is 19.8. The quantitative estimate of drug-likeness (QED) is 0.138. The lowest BCUT2D eigenvalue weighted by atomic mass is 9.92. The highest BCUT2D eigenvalue weighted by Crippen LogP contribution is 2.40. The molecule has 12 aromatic rings. The Balaban J connectivity index is 0.000000110. The fraction of sp³-hybridized carbons (Fsp3) is 0.395. The fourth-order valence-electron chi connectivity index (χ4n) is 17.8. The third-order valence-electron chi connectivity index (χ3n) is 24.1. The molecule has 588 valence electrons. The van der Waals surface area contributed by atoms with Gasteiger partial charge in [0.2, 0.25) is 0 Å². The third-order valence-corrected chi connectivity index (χ3v) is 25.3.